The van der Waals surface area contributed by atoms with Crippen LogP contribution in [-0.2, 0) is 9.31 Å². The van der Waals surface area contributed by atoms with Gasteiger partial charge in [-0.25, -0.2) is 4.39 Å². The second-order valence-corrected chi connectivity index (χ2v) is 6.61. The van der Waals surface area contributed by atoms with E-state index in [2.05, 4.69) is 4.98 Å². The summed E-state index contributed by atoms with van der Waals surface area (Å²) in [5, 5.41) is 0.735. The Kier molecular flexibility index (Phi) is 3.12. The second kappa shape index (κ2) is 4.52. The minimum absolute atomic E-state index is 0.242. The monoisotopic (exact) mass is 287 g/mol. The lowest BCUT2D eigenvalue weighted by Gasteiger charge is -2.32. The summed E-state index contributed by atoms with van der Waals surface area (Å²) in [6.45, 7) is 9.74. The van der Waals surface area contributed by atoms with Crippen molar-refractivity contribution in [1.82, 2.24) is 4.98 Å². The van der Waals surface area contributed by atoms with Crippen molar-refractivity contribution in [3.05, 3.63) is 35.8 Å². The molecule has 0 unspecified atom stereocenters. The molecule has 0 saturated carbocycles. The largest absolute Gasteiger partial charge is 0.495 e. The third-order valence-corrected chi connectivity index (χ3v) is 4.56. The first-order chi connectivity index (χ1) is 9.71. The molecule has 1 aromatic heterocycles. The van der Waals surface area contributed by atoms with Gasteiger partial charge in [-0.3, -0.25) is 4.98 Å². The van der Waals surface area contributed by atoms with Gasteiger partial charge in [-0.15, -0.1) is 0 Å². The zero-order valence-corrected chi connectivity index (χ0v) is 13.0. The molecule has 1 aromatic carbocycles. The predicted molar refractivity (Wildman–Crippen MR) is 82.2 cm³/mol. The van der Waals surface area contributed by atoms with Gasteiger partial charge in [0.2, 0.25) is 0 Å². The molecule has 0 N–H and O–H groups in total. The molecule has 0 atom stereocenters. The fraction of sp³-hybridized carbons (Fsp3) is 0.438. The van der Waals surface area contributed by atoms with Crippen LogP contribution >= 0.6 is 0 Å². The Bertz CT molecular complexity index is 699. The topological polar surface area (TPSA) is 31.4 Å². The molecule has 2 aromatic rings. The van der Waals surface area contributed by atoms with Crippen molar-refractivity contribution >= 4 is 23.5 Å². The van der Waals surface area contributed by atoms with Gasteiger partial charge in [-0.2, -0.15) is 0 Å². The maximum atomic E-state index is 13.9. The molecule has 110 valence electrons. The van der Waals surface area contributed by atoms with Gasteiger partial charge in [0.05, 0.1) is 16.7 Å². The molecule has 1 saturated heterocycles. The lowest BCUT2D eigenvalue weighted by Crippen LogP contribution is -2.41. The lowest BCUT2D eigenvalue weighted by molar-refractivity contribution is 0.00578. The van der Waals surface area contributed by atoms with Crippen molar-refractivity contribution in [3.8, 4) is 0 Å². The third kappa shape index (κ3) is 2.25. The summed E-state index contributed by atoms with van der Waals surface area (Å²) < 4.78 is 26.0. The molecular formula is C16H19BFNO2. The van der Waals surface area contributed by atoms with E-state index in [9.17, 15) is 4.39 Å². The Hall–Kier alpha value is -1.46. The van der Waals surface area contributed by atoms with Crippen molar-refractivity contribution in [2.24, 2.45) is 0 Å². The Labute approximate surface area is 124 Å². The molecule has 0 bridgehead atoms. The van der Waals surface area contributed by atoms with E-state index in [0.29, 0.717) is 5.56 Å². The van der Waals surface area contributed by atoms with Gasteiger partial charge in [0.1, 0.15) is 5.82 Å². The van der Waals surface area contributed by atoms with E-state index in [1.807, 2.05) is 33.8 Å². The molecule has 0 radical (unpaired) electrons. The van der Waals surface area contributed by atoms with E-state index < -0.39 is 18.3 Å². The number of halogens is 1. The third-order valence-electron chi connectivity index (χ3n) is 4.56. The van der Waals surface area contributed by atoms with E-state index in [0.717, 1.165) is 16.4 Å². The second-order valence-electron chi connectivity index (χ2n) is 6.61. The van der Waals surface area contributed by atoms with Crippen LogP contribution in [-0.4, -0.2) is 23.3 Å². The Morgan fingerprint density at radius 2 is 1.71 bits per heavy atom. The predicted octanol–water partition coefficient (Wildman–Crippen LogP) is 2.98. The summed E-state index contributed by atoms with van der Waals surface area (Å²) in [5.74, 6) is -0.242. The number of fused-ring (bicyclic) bond motifs is 1. The SMILES string of the molecule is Cc1cc2nccc(B3OC(C)(C)C(C)(C)O3)c2cc1F. The smallest absolute Gasteiger partial charge is 0.399 e. The van der Waals surface area contributed by atoms with Crippen molar-refractivity contribution in [3.63, 3.8) is 0 Å². The number of nitrogens with zero attached hydrogens (tertiary/aromatic N) is 1. The molecule has 1 aliphatic rings. The highest BCUT2D eigenvalue weighted by atomic mass is 19.1. The molecule has 0 aliphatic carbocycles. The highest BCUT2D eigenvalue weighted by molar-refractivity contribution is 6.65. The van der Waals surface area contributed by atoms with Gasteiger partial charge in [-0.05, 0) is 63.8 Å². The fourth-order valence-electron chi connectivity index (χ4n) is 2.47. The number of aromatic nitrogens is 1. The molecule has 21 heavy (non-hydrogen) atoms. The molecule has 1 aliphatic heterocycles. The molecule has 0 amide bonds. The number of pyridine rings is 1. The molecule has 0 spiro atoms. The zero-order chi connectivity index (χ0) is 15.4. The first-order valence-corrected chi connectivity index (χ1v) is 7.12. The van der Waals surface area contributed by atoms with Gasteiger partial charge in [0.15, 0.2) is 0 Å². The maximum Gasteiger partial charge on any atom is 0.495 e. The fourth-order valence-corrected chi connectivity index (χ4v) is 2.47. The first-order valence-electron chi connectivity index (χ1n) is 7.12. The van der Waals surface area contributed by atoms with E-state index >= 15 is 0 Å². The summed E-state index contributed by atoms with van der Waals surface area (Å²) in [6, 6.07) is 5.09. The number of rotatable bonds is 1. The molecular weight excluding hydrogens is 268 g/mol. The van der Waals surface area contributed by atoms with Crippen molar-refractivity contribution < 1.29 is 13.7 Å². The summed E-state index contributed by atoms with van der Waals surface area (Å²) in [7, 11) is -0.511. The Morgan fingerprint density at radius 3 is 2.33 bits per heavy atom. The minimum atomic E-state index is -0.511. The highest BCUT2D eigenvalue weighted by Crippen LogP contribution is 2.37. The van der Waals surface area contributed by atoms with Crippen LogP contribution in [0, 0.1) is 12.7 Å². The van der Waals surface area contributed by atoms with Crippen LogP contribution in [0.3, 0.4) is 0 Å². The summed E-state index contributed by atoms with van der Waals surface area (Å²) in [4.78, 5) is 4.31. The summed E-state index contributed by atoms with van der Waals surface area (Å²) in [5.41, 5.74) is 1.31. The number of hydrogen-bond acceptors (Lipinski definition) is 3. The van der Waals surface area contributed by atoms with E-state index in [4.69, 9.17) is 9.31 Å². The highest BCUT2D eigenvalue weighted by Gasteiger charge is 2.52. The molecule has 3 rings (SSSR count). The van der Waals surface area contributed by atoms with Crippen molar-refractivity contribution in [2.75, 3.05) is 0 Å². The van der Waals surface area contributed by atoms with Gasteiger partial charge in [-0.1, -0.05) is 0 Å². The summed E-state index contributed by atoms with van der Waals surface area (Å²) in [6.07, 6.45) is 1.71. The minimum Gasteiger partial charge on any atom is -0.399 e. The molecule has 3 nitrogen and oxygen atoms in total. The zero-order valence-electron chi connectivity index (χ0n) is 13.0. The average Bonchev–Trinajstić information content (AvgIpc) is 2.59. The molecule has 1 fully saturated rings. The van der Waals surface area contributed by atoms with Crippen LogP contribution in [0.4, 0.5) is 4.39 Å². The molecule has 2 heterocycles. The van der Waals surface area contributed by atoms with Crippen LogP contribution in [0.1, 0.15) is 33.3 Å². The maximum absolute atomic E-state index is 13.9. The lowest BCUT2D eigenvalue weighted by atomic mass is 9.77. The standard InChI is InChI=1S/C16H19BFNO2/c1-10-8-14-11(9-13(10)18)12(6-7-19-14)17-20-15(2,3)16(4,5)21-17/h6-9H,1-5H3. The van der Waals surface area contributed by atoms with Crippen LogP contribution in [0.25, 0.3) is 10.9 Å². The van der Waals surface area contributed by atoms with Gasteiger partial charge >= 0.3 is 7.12 Å². The van der Waals surface area contributed by atoms with Crippen molar-refractivity contribution in [2.45, 2.75) is 45.8 Å². The van der Waals surface area contributed by atoms with Gasteiger partial charge < -0.3 is 9.31 Å². The van der Waals surface area contributed by atoms with Crippen molar-refractivity contribution in [1.29, 1.82) is 0 Å². The number of hydrogen-bond donors (Lipinski definition) is 0. The van der Waals surface area contributed by atoms with Crippen LogP contribution in [0.2, 0.25) is 0 Å². The normalized spacial score (nSPS) is 20.2. The quantitative estimate of drug-likeness (QED) is 0.756. The van der Waals surface area contributed by atoms with E-state index in [-0.39, 0.29) is 5.82 Å². The Balaban J connectivity index is 2.12. The van der Waals surface area contributed by atoms with E-state index in [1.54, 1.807) is 19.2 Å². The first kappa shape index (κ1) is 14.5. The average molecular weight is 287 g/mol. The Morgan fingerprint density at radius 1 is 1.10 bits per heavy atom. The van der Waals surface area contributed by atoms with Crippen LogP contribution in [0.15, 0.2) is 24.4 Å². The van der Waals surface area contributed by atoms with Gasteiger partial charge in [0, 0.05) is 11.6 Å². The molecule has 5 heteroatoms. The van der Waals surface area contributed by atoms with Gasteiger partial charge in [0.25, 0.3) is 0 Å². The van der Waals surface area contributed by atoms with Crippen LogP contribution in [0.5, 0.6) is 0 Å². The number of aryl methyl sites for hydroxylation is 1. The summed E-state index contributed by atoms with van der Waals surface area (Å²) >= 11 is 0. The number of benzene rings is 1. The van der Waals surface area contributed by atoms with E-state index in [1.165, 1.54) is 6.07 Å². The van der Waals surface area contributed by atoms with Crippen LogP contribution < -0.4 is 5.46 Å².